The first-order chi connectivity index (χ1) is 5.99. The molecule has 1 atom stereocenters. The van der Waals surface area contributed by atoms with E-state index in [1.165, 1.54) is 6.26 Å². The van der Waals surface area contributed by atoms with E-state index in [4.69, 9.17) is 0 Å². The van der Waals surface area contributed by atoms with Crippen molar-refractivity contribution in [1.82, 2.24) is 4.72 Å². The highest BCUT2D eigenvalue weighted by molar-refractivity contribution is 9.09. The van der Waals surface area contributed by atoms with Gasteiger partial charge < -0.3 is 0 Å². The molecular formula is C8H18BrNO2S. The van der Waals surface area contributed by atoms with Crippen LogP contribution in [0.15, 0.2) is 0 Å². The van der Waals surface area contributed by atoms with Crippen molar-refractivity contribution in [3.63, 3.8) is 0 Å². The molecule has 1 N–H and O–H groups in total. The van der Waals surface area contributed by atoms with E-state index in [9.17, 15) is 8.42 Å². The number of rotatable bonds is 7. The van der Waals surface area contributed by atoms with Gasteiger partial charge in [0, 0.05) is 11.9 Å². The summed E-state index contributed by atoms with van der Waals surface area (Å²) in [7, 11) is -3.02. The van der Waals surface area contributed by atoms with Gasteiger partial charge in [-0.3, -0.25) is 0 Å². The van der Waals surface area contributed by atoms with Gasteiger partial charge in [-0.25, -0.2) is 13.1 Å². The molecule has 0 radical (unpaired) electrons. The minimum Gasteiger partial charge on any atom is -0.215 e. The van der Waals surface area contributed by atoms with Crippen LogP contribution >= 0.6 is 15.9 Å². The molecule has 0 aliphatic heterocycles. The second-order valence-corrected chi connectivity index (χ2v) is 5.88. The molecule has 0 bridgehead atoms. The topological polar surface area (TPSA) is 46.2 Å². The maximum Gasteiger partial charge on any atom is 0.208 e. The van der Waals surface area contributed by atoms with E-state index >= 15 is 0 Å². The van der Waals surface area contributed by atoms with Crippen molar-refractivity contribution >= 4 is 26.0 Å². The summed E-state index contributed by atoms with van der Waals surface area (Å²) >= 11 is 3.36. The predicted molar refractivity (Wildman–Crippen MR) is 59.7 cm³/mol. The van der Waals surface area contributed by atoms with Crippen LogP contribution in [0, 0.1) is 5.92 Å². The normalized spacial score (nSPS) is 14.4. The summed E-state index contributed by atoms with van der Waals surface area (Å²) in [5.74, 6) is 0.457. The van der Waals surface area contributed by atoms with E-state index in [0.29, 0.717) is 12.5 Å². The minimum atomic E-state index is -3.02. The molecular weight excluding hydrogens is 254 g/mol. The van der Waals surface area contributed by atoms with E-state index in [1.54, 1.807) is 0 Å². The molecule has 0 aromatic rings. The van der Waals surface area contributed by atoms with Gasteiger partial charge in [-0.1, -0.05) is 29.3 Å². The Morgan fingerprint density at radius 3 is 2.38 bits per heavy atom. The Morgan fingerprint density at radius 1 is 1.38 bits per heavy atom. The lowest BCUT2D eigenvalue weighted by molar-refractivity contribution is 0.460. The van der Waals surface area contributed by atoms with Gasteiger partial charge in [0.05, 0.1) is 6.26 Å². The lowest BCUT2D eigenvalue weighted by atomic mass is 10.0. The highest BCUT2D eigenvalue weighted by Gasteiger charge is 2.09. The Hall–Kier alpha value is 0.390. The number of hydrogen-bond acceptors (Lipinski definition) is 2. The number of alkyl halides is 1. The molecule has 0 spiro atoms. The summed E-state index contributed by atoms with van der Waals surface area (Å²) in [6, 6.07) is 0. The Kier molecular flexibility index (Phi) is 6.99. The van der Waals surface area contributed by atoms with E-state index < -0.39 is 10.0 Å². The molecule has 13 heavy (non-hydrogen) atoms. The number of hydrogen-bond donors (Lipinski definition) is 1. The number of halogens is 1. The minimum absolute atomic E-state index is 0.457. The zero-order valence-corrected chi connectivity index (χ0v) is 10.6. The average Bonchev–Trinajstić information content (AvgIpc) is 2.00. The molecule has 0 aromatic heterocycles. The quantitative estimate of drug-likeness (QED) is 0.717. The van der Waals surface area contributed by atoms with Crippen LogP contribution in [0.4, 0.5) is 0 Å². The second-order valence-electron chi connectivity index (χ2n) is 3.25. The molecule has 3 nitrogen and oxygen atoms in total. The van der Waals surface area contributed by atoms with Crippen molar-refractivity contribution in [3.05, 3.63) is 0 Å². The van der Waals surface area contributed by atoms with Crippen LogP contribution in [0.25, 0.3) is 0 Å². The van der Waals surface area contributed by atoms with Crippen molar-refractivity contribution in [2.24, 2.45) is 5.92 Å². The van der Waals surface area contributed by atoms with Crippen molar-refractivity contribution < 1.29 is 8.42 Å². The van der Waals surface area contributed by atoms with E-state index in [2.05, 4.69) is 27.6 Å². The van der Waals surface area contributed by atoms with Gasteiger partial charge in [-0.05, 0) is 18.8 Å². The Bertz CT molecular complexity index is 210. The average molecular weight is 272 g/mol. The lowest BCUT2D eigenvalue weighted by Gasteiger charge is -2.14. The zero-order valence-electron chi connectivity index (χ0n) is 8.22. The van der Waals surface area contributed by atoms with E-state index in [0.717, 1.165) is 24.6 Å². The largest absolute Gasteiger partial charge is 0.215 e. The van der Waals surface area contributed by atoms with Crippen LogP contribution in [0.5, 0.6) is 0 Å². The lowest BCUT2D eigenvalue weighted by Crippen LogP contribution is -2.28. The Balaban J connectivity index is 3.81. The smallest absolute Gasteiger partial charge is 0.208 e. The van der Waals surface area contributed by atoms with Crippen molar-refractivity contribution in [2.75, 3.05) is 18.1 Å². The molecule has 1 unspecified atom stereocenters. The van der Waals surface area contributed by atoms with Crippen molar-refractivity contribution in [2.45, 2.75) is 26.2 Å². The molecule has 80 valence electrons. The summed E-state index contributed by atoms with van der Waals surface area (Å²) < 4.78 is 24.2. The van der Waals surface area contributed by atoms with E-state index in [-0.39, 0.29) is 0 Å². The monoisotopic (exact) mass is 271 g/mol. The van der Waals surface area contributed by atoms with Crippen molar-refractivity contribution in [1.29, 1.82) is 0 Å². The van der Waals surface area contributed by atoms with Crippen LogP contribution in [0.2, 0.25) is 0 Å². The fourth-order valence-corrected chi connectivity index (χ4v) is 2.37. The van der Waals surface area contributed by atoms with Crippen LogP contribution in [-0.2, 0) is 10.0 Å². The summed E-state index contributed by atoms with van der Waals surface area (Å²) in [5.41, 5.74) is 0. The third kappa shape index (κ3) is 8.71. The predicted octanol–water partition coefficient (Wildman–Crippen LogP) is 1.74. The molecule has 0 rings (SSSR count). The molecule has 0 aliphatic rings. The van der Waals surface area contributed by atoms with Crippen LogP contribution in [0.3, 0.4) is 0 Å². The second kappa shape index (κ2) is 6.79. The Labute approximate surface area is 89.5 Å². The molecule has 0 amide bonds. The summed E-state index contributed by atoms with van der Waals surface area (Å²) in [6.45, 7) is 2.68. The number of nitrogens with one attached hydrogen (secondary N) is 1. The van der Waals surface area contributed by atoms with Crippen molar-refractivity contribution in [3.8, 4) is 0 Å². The van der Waals surface area contributed by atoms with Gasteiger partial charge in [0.1, 0.15) is 0 Å². The zero-order chi connectivity index (χ0) is 10.3. The van der Waals surface area contributed by atoms with Gasteiger partial charge >= 0.3 is 0 Å². The molecule has 0 saturated carbocycles. The highest BCUT2D eigenvalue weighted by atomic mass is 79.9. The first kappa shape index (κ1) is 13.4. The van der Waals surface area contributed by atoms with Gasteiger partial charge in [0.15, 0.2) is 0 Å². The summed E-state index contributed by atoms with van der Waals surface area (Å²) in [6.07, 6.45) is 4.40. The molecule has 5 heteroatoms. The molecule has 0 saturated heterocycles. The first-order valence-electron chi connectivity index (χ1n) is 4.50. The number of sulfonamides is 1. The molecule has 0 aromatic carbocycles. The third-order valence-electron chi connectivity index (χ3n) is 1.85. The summed E-state index contributed by atoms with van der Waals surface area (Å²) in [5, 5.41) is 0.934. The first-order valence-corrected chi connectivity index (χ1v) is 7.51. The Morgan fingerprint density at radius 2 is 2.00 bits per heavy atom. The highest BCUT2D eigenvalue weighted by Crippen LogP contribution is 2.11. The fourth-order valence-electron chi connectivity index (χ4n) is 1.18. The van der Waals surface area contributed by atoms with Gasteiger partial charge in [0.2, 0.25) is 10.0 Å². The SMILES string of the molecule is CCCC(CCBr)CNS(C)(=O)=O. The van der Waals surface area contributed by atoms with Gasteiger partial charge in [-0.15, -0.1) is 0 Å². The molecule has 0 heterocycles. The van der Waals surface area contributed by atoms with Crippen LogP contribution < -0.4 is 4.72 Å². The molecule has 0 fully saturated rings. The van der Waals surface area contributed by atoms with Crippen LogP contribution in [-0.4, -0.2) is 26.5 Å². The molecule has 0 aliphatic carbocycles. The maximum atomic E-state index is 10.8. The van der Waals surface area contributed by atoms with Gasteiger partial charge in [-0.2, -0.15) is 0 Å². The van der Waals surface area contributed by atoms with Crippen LogP contribution in [0.1, 0.15) is 26.2 Å². The standard InChI is InChI=1S/C8H18BrNO2S/c1-3-4-8(5-6-9)7-10-13(2,11)12/h8,10H,3-7H2,1-2H3. The van der Waals surface area contributed by atoms with E-state index in [1.807, 2.05) is 0 Å². The fraction of sp³-hybridized carbons (Fsp3) is 1.00. The maximum absolute atomic E-state index is 10.8. The van der Waals surface area contributed by atoms with Gasteiger partial charge in [0.25, 0.3) is 0 Å². The third-order valence-corrected chi connectivity index (χ3v) is 3.00. The summed E-state index contributed by atoms with van der Waals surface area (Å²) in [4.78, 5) is 0.